The number of amides is 1. The molecule has 8 heteroatoms. The van der Waals surface area contributed by atoms with Crippen LogP contribution in [0.3, 0.4) is 0 Å². The van der Waals surface area contributed by atoms with Gasteiger partial charge in [0.1, 0.15) is 0 Å². The normalized spacial score (nSPS) is 19.2. The van der Waals surface area contributed by atoms with Gasteiger partial charge in [0.25, 0.3) is 0 Å². The van der Waals surface area contributed by atoms with E-state index in [1.807, 2.05) is 69.3 Å². The Morgan fingerprint density at radius 1 is 1.19 bits per heavy atom. The highest BCUT2D eigenvalue weighted by atomic mass is 32.2. The van der Waals surface area contributed by atoms with Crippen molar-refractivity contribution < 1.29 is 17.9 Å². The monoisotopic (exact) mass is 459 g/mol. The second-order valence-electron chi connectivity index (χ2n) is 8.46. The molecule has 1 aliphatic rings. The van der Waals surface area contributed by atoms with Crippen LogP contribution in [-0.4, -0.2) is 54.9 Å². The summed E-state index contributed by atoms with van der Waals surface area (Å²) in [5.41, 5.74) is 2.66. The SMILES string of the molecule is CCCS(=O)(=O)N[C@H]1CCCN(C(=O)OC(C)C)[C@H]1Cc1cccc(-c2ccccc2)n1. The molecule has 2 aromatic rings. The van der Waals surface area contributed by atoms with Gasteiger partial charge in [0, 0.05) is 30.3 Å². The summed E-state index contributed by atoms with van der Waals surface area (Å²) in [6, 6.07) is 14.9. The fraction of sp³-hybridized carbons (Fsp3) is 0.500. The standard InChI is InChI=1S/C24H33N3O4S/c1-4-16-32(29,30)26-22-14-9-15-27(24(28)31-18(2)3)23(22)17-20-12-8-13-21(25-20)19-10-6-5-7-11-19/h5-8,10-13,18,22-23,26H,4,9,14-17H2,1-3H3/t22-,23-/m0/s1. The summed E-state index contributed by atoms with van der Waals surface area (Å²) in [6.07, 6.45) is 1.68. The zero-order valence-electron chi connectivity index (χ0n) is 19.0. The summed E-state index contributed by atoms with van der Waals surface area (Å²) >= 11 is 0. The Morgan fingerprint density at radius 3 is 2.62 bits per heavy atom. The smallest absolute Gasteiger partial charge is 0.410 e. The Kier molecular flexibility index (Phi) is 8.26. The number of ether oxygens (including phenoxy) is 1. The second-order valence-corrected chi connectivity index (χ2v) is 10.3. The van der Waals surface area contributed by atoms with E-state index in [9.17, 15) is 13.2 Å². The fourth-order valence-corrected chi connectivity index (χ4v) is 5.47. The number of hydrogen-bond acceptors (Lipinski definition) is 5. The number of likely N-dealkylation sites (tertiary alicyclic amines) is 1. The topological polar surface area (TPSA) is 88.6 Å². The van der Waals surface area contributed by atoms with Crippen LogP contribution >= 0.6 is 0 Å². The predicted octanol–water partition coefficient (Wildman–Crippen LogP) is 4.00. The van der Waals surface area contributed by atoms with Crippen LogP contribution in [0.2, 0.25) is 0 Å². The van der Waals surface area contributed by atoms with Gasteiger partial charge in [-0.15, -0.1) is 0 Å². The van der Waals surface area contributed by atoms with Crippen molar-refractivity contribution in [2.24, 2.45) is 0 Å². The van der Waals surface area contributed by atoms with Gasteiger partial charge in [-0.3, -0.25) is 4.98 Å². The van der Waals surface area contributed by atoms with Crippen LogP contribution in [-0.2, 0) is 21.2 Å². The van der Waals surface area contributed by atoms with E-state index in [0.717, 1.165) is 17.0 Å². The minimum atomic E-state index is -3.43. The number of carbonyl (C=O) groups excluding carboxylic acids is 1. The number of piperidine rings is 1. The zero-order valence-corrected chi connectivity index (χ0v) is 19.8. The lowest BCUT2D eigenvalue weighted by Crippen LogP contribution is -2.58. The van der Waals surface area contributed by atoms with E-state index in [-0.39, 0.29) is 23.9 Å². The highest BCUT2D eigenvalue weighted by Gasteiger charge is 2.37. The average Bonchev–Trinajstić information content (AvgIpc) is 2.75. The van der Waals surface area contributed by atoms with E-state index in [1.165, 1.54) is 0 Å². The summed E-state index contributed by atoms with van der Waals surface area (Å²) in [6.45, 7) is 5.98. The second kappa shape index (κ2) is 10.9. The highest BCUT2D eigenvalue weighted by Crippen LogP contribution is 2.24. The van der Waals surface area contributed by atoms with Crippen molar-refractivity contribution in [2.45, 2.75) is 64.6 Å². The van der Waals surface area contributed by atoms with Gasteiger partial charge in [-0.2, -0.15) is 0 Å². The molecule has 1 aromatic heterocycles. The first-order valence-corrected chi connectivity index (χ1v) is 12.9. The predicted molar refractivity (Wildman–Crippen MR) is 126 cm³/mol. The summed E-state index contributed by atoms with van der Waals surface area (Å²) < 4.78 is 33.4. The maximum Gasteiger partial charge on any atom is 0.410 e. The first-order valence-electron chi connectivity index (χ1n) is 11.3. The Labute approximate surface area is 191 Å². The van der Waals surface area contributed by atoms with Crippen LogP contribution in [0.25, 0.3) is 11.3 Å². The van der Waals surface area contributed by atoms with Crippen LogP contribution in [0.1, 0.15) is 45.7 Å². The molecule has 1 saturated heterocycles. The maximum atomic E-state index is 12.8. The number of hydrogen-bond donors (Lipinski definition) is 1. The molecule has 32 heavy (non-hydrogen) atoms. The number of nitrogens with zero attached hydrogens (tertiary/aromatic N) is 2. The van der Waals surface area contributed by atoms with Crippen molar-refractivity contribution in [1.82, 2.24) is 14.6 Å². The van der Waals surface area contributed by atoms with Crippen LogP contribution in [0, 0.1) is 0 Å². The van der Waals surface area contributed by atoms with Crippen molar-refractivity contribution in [1.29, 1.82) is 0 Å². The lowest BCUT2D eigenvalue weighted by Gasteiger charge is -2.41. The van der Waals surface area contributed by atoms with E-state index in [2.05, 4.69) is 4.72 Å². The summed E-state index contributed by atoms with van der Waals surface area (Å²) in [7, 11) is -3.43. The van der Waals surface area contributed by atoms with Crippen molar-refractivity contribution in [3.05, 3.63) is 54.2 Å². The molecular formula is C24H33N3O4S. The van der Waals surface area contributed by atoms with Crippen LogP contribution in [0.5, 0.6) is 0 Å². The van der Waals surface area contributed by atoms with Crippen LogP contribution in [0.4, 0.5) is 4.79 Å². The van der Waals surface area contributed by atoms with Crippen LogP contribution < -0.4 is 4.72 Å². The van der Waals surface area contributed by atoms with E-state index in [1.54, 1.807) is 4.90 Å². The number of rotatable bonds is 8. The molecule has 3 rings (SSSR count). The molecule has 0 radical (unpaired) electrons. The molecule has 2 heterocycles. The lowest BCUT2D eigenvalue weighted by molar-refractivity contribution is 0.0459. The summed E-state index contributed by atoms with van der Waals surface area (Å²) in [5.74, 6) is 0.0639. The molecule has 174 valence electrons. The fourth-order valence-electron chi connectivity index (χ4n) is 4.08. The van der Waals surface area contributed by atoms with Gasteiger partial charge in [-0.05, 0) is 45.2 Å². The molecule has 0 unspecified atom stereocenters. The Morgan fingerprint density at radius 2 is 1.94 bits per heavy atom. The number of pyridine rings is 1. The van der Waals surface area contributed by atoms with Crippen molar-refractivity contribution >= 4 is 16.1 Å². The number of carbonyl (C=O) groups is 1. The van der Waals surface area contributed by atoms with Crippen molar-refractivity contribution in [2.75, 3.05) is 12.3 Å². The molecule has 0 aliphatic carbocycles. The molecule has 2 atom stereocenters. The zero-order chi connectivity index (χ0) is 23.1. The third-order valence-corrected chi connectivity index (χ3v) is 7.06. The van der Waals surface area contributed by atoms with Gasteiger partial charge < -0.3 is 9.64 Å². The number of aromatic nitrogens is 1. The Bertz CT molecular complexity index is 995. The minimum absolute atomic E-state index is 0.0639. The molecule has 1 fully saturated rings. The van der Waals surface area contributed by atoms with Gasteiger partial charge in [0.05, 0.1) is 23.6 Å². The molecule has 7 nitrogen and oxygen atoms in total. The lowest BCUT2D eigenvalue weighted by atomic mass is 9.93. The summed E-state index contributed by atoms with van der Waals surface area (Å²) in [4.78, 5) is 19.3. The van der Waals surface area contributed by atoms with E-state index >= 15 is 0 Å². The minimum Gasteiger partial charge on any atom is -0.447 e. The Balaban J connectivity index is 1.89. The van der Waals surface area contributed by atoms with Crippen LogP contribution in [0.15, 0.2) is 48.5 Å². The first-order chi connectivity index (χ1) is 15.3. The Hall–Kier alpha value is -2.45. The molecule has 0 bridgehead atoms. The molecule has 0 spiro atoms. The van der Waals surface area contributed by atoms with E-state index in [4.69, 9.17) is 9.72 Å². The van der Waals surface area contributed by atoms with Crippen molar-refractivity contribution in [3.8, 4) is 11.3 Å². The average molecular weight is 460 g/mol. The third kappa shape index (κ3) is 6.53. The maximum absolute atomic E-state index is 12.8. The van der Waals surface area contributed by atoms with Gasteiger partial charge in [0.2, 0.25) is 10.0 Å². The first kappa shape index (κ1) is 24.2. The molecule has 0 saturated carbocycles. The van der Waals surface area contributed by atoms with Crippen molar-refractivity contribution in [3.63, 3.8) is 0 Å². The number of sulfonamides is 1. The molecular weight excluding hydrogens is 426 g/mol. The van der Waals surface area contributed by atoms with Gasteiger partial charge in [-0.25, -0.2) is 17.9 Å². The number of nitrogens with one attached hydrogen (secondary N) is 1. The molecule has 1 aromatic carbocycles. The summed E-state index contributed by atoms with van der Waals surface area (Å²) in [5, 5.41) is 0. The largest absolute Gasteiger partial charge is 0.447 e. The van der Waals surface area contributed by atoms with Gasteiger partial charge >= 0.3 is 6.09 Å². The molecule has 1 aliphatic heterocycles. The number of benzene rings is 1. The molecule has 1 N–H and O–H groups in total. The van der Waals surface area contributed by atoms with Gasteiger partial charge in [0.15, 0.2) is 0 Å². The van der Waals surface area contributed by atoms with E-state index < -0.39 is 16.1 Å². The highest BCUT2D eigenvalue weighted by molar-refractivity contribution is 7.89. The molecule has 1 amide bonds. The third-order valence-electron chi connectivity index (χ3n) is 5.45. The quantitative estimate of drug-likeness (QED) is 0.645. The van der Waals surface area contributed by atoms with Gasteiger partial charge in [-0.1, -0.05) is 43.3 Å². The van der Waals surface area contributed by atoms with E-state index in [0.29, 0.717) is 32.2 Å².